The third-order valence-corrected chi connectivity index (χ3v) is 15.6. The molecule has 0 heterocycles. The molecule has 0 saturated carbocycles. The predicted molar refractivity (Wildman–Crippen MR) is 333 cm³/mol. The van der Waals surface area contributed by atoms with Crippen LogP contribution in [0.1, 0.15) is 361 Å². The maximum absolute atomic E-state index is 12.5. The predicted octanol–water partition coefficient (Wildman–Crippen LogP) is 21.7. The Hall–Kier alpha value is -2.18. The van der Waals surface area contributed by atoms with Gasteiger partial charge in [-0.05, 0) is 89.9 Å². The molecule has 0 aromatic rings. The zero-order chi connectivity index (χ0) is 55.0. The zero-order valence-corrected chi connectivity index (χ0v) is 51.0. The summed E-state index contributed by atoms with van der Waals surface area (Å²) in [5.41, 5.74) is 0. The molecule has 2 atom stereocenters. The molecule has 0 radical (unpaired) electrons. The van der Waals surface area contributed by atoms with Crippen LogP contribution in [0.15, 0.2) is 48.6 Å². The Morgan fingerprint density at radius 3 is 1.04 bits per heavy atom. The van der Waals surface area contributed by atoms with E-state index in [9.17, 15) is 19.8 Å². The van der Waals surface area contributed by atoms with Crippen molar-refractivity contribution in [2.75, 3.05) is 13.2 Å². The number of rotatable bonds is 63. The van der Waals surface area contributed by atoms with Crippen molar-refractivity contribution in [3.05, 3.63) is 48.6 Å². The van der Waals surface area contributed by atoms with Gasteiger partial charge in [-0.2, -0.15) is 0 Å². The van der Waals surface area contributed by atoms with Gasteiger partial charge in [0.2, 0.25) is 5.91 Å². The number of aliphatic hydroxyl groups is 2. The van der Waals surface area contributed by atoms with Gasteiger partial charge < -0.3 is 20.3 Å². The summed E-state index contributed by atoms with van der Waals surface area (Å²) in [6, 6.07) is -0.635. The number of carbonyl (C=O) groups excluding carboxylic acids is 2. The van der Waals surface area contributed by atoms with Crippen LogP contribution < -0.4 is 5.32 Å². The second kappa shape index (κ2) is 65.3. The standard InChI is InChI=1S/C70H131NO5/c1-3-5-7-9-11-13-15-17-19-21-22-27-31-34-38-42-46-50-54-58-62-68(73)67(66-72)71-69(74)63-59-55-51-47-43-39-35-32-28-25-23-24-26-29-33-37-41-45-49-53-57-61-65-76-70(75)64-60-56-52-48-44-40-36-30-20-18-16-14-12-10-8-6-4-2/h12,14,18,20,25,28,58,62,67-68,72-73H,3-11,13,15-17,19,21-24,26-27,29-57,59-61,63-66H2,1-2H3,(H,71,74)/b14-12-,20-18-,28-25-,62-58+. The largest absolute Gasteiger partial charge is 0.466 e. The van der Waals surface area contributed by atoms with Crippen LogP contribution in [0.2, 0.25) is 0 Å². The molecule has 2 unspecified atom stereocenters. The van der Waals surface area contributed by atoms with E-state index in [1.807, 2.05) is 6.08 Å². The lowest BCUT2D eigenvalue weighted by molar-refractivity contribution is -0.143. The van der Waals surface area contributed by atoms with Gasteiger partial charge in [0.05, 0.1) is 25.4 Å². The molecule has 0 saturated heterocycles. The molecular formula is C70H131NO5. The highest BCUT2D eigenvalue weighted by Crippen LogP contribution is 2.17. The maximum atomic E-state index is 12.5. The van der Waals surface area contributed by atoms with Gasteiger partial charge in [0, 0.05) is 12.8 Å². The van der Waals surface area contributed by atoms with Crippen LogP contribution in [0.3, 0.4) is 0 Å². The minimum atomic E-state index is -0.851. The van der Waals surface area contributed by atoms with Gasteiger partial charge in [-0.1, -0.05) is 306 Å². The SMILES string of the molecule is CCCCC/C=C\C/C=C\CCCCCCCCCC(=O)OCCCCCCCCCCCCC/C=C\CCCCCCCCCC(=O)NC(CO)C(O)/C=C/CCCCCCCCCCCCCCCCCCCC. The second-order valence-electron chi connectivity index (χ2n) is 23.1. The fraction of sp³-hybridized carbons (Fsp3) is 0.857. The lowest BCUT2D eigenvalue weighted by Gasteiger charge is -2.20. The smallest absolute Gasteiger partial charge is 0.305 e. The molecule has 0 aliphatic carbocycles. The lowest BCUT2D eigenvalue weighted by Crippen LogP contribution is -2.45. The van der Waals surface area contributed by atoms with Crippen molar-refractivity contribution < 1.29 is 24.5 Å². The number of hydrogen-bond donors (Lipinski definition) is 3. The normalized spacial score (nSPS) is 12.8. The molecule has 0 aliphatic heterocycles. The summed E-state index contributed by atoms with van der Waals surface area (Å²) in [7, 11) is 0. The fourth-order valence-corrected chi connectivity index (χ4v) is 10.4. The van der Waals surface area contributed by atoms with Crippen LogP contribution in [-0.4, -0.2) is 47.4 Å². The Balaban J connectivity index is 3.45. The molecular weight excluding hydrogens is 935 g/mol. The number of esters is 1. The van der Waals surface area contributed by atoms with Crippen molar-refractivity contribution in [2.45, 2.75) is 373 Å². The van der Waals surface area contributed by atoms with E-state index < -0.39 is 12.1 Å². The Bertz CT molecular complexity index is 1270. The quantitative estimate of drug-likeness (QED) is 0.0320. The van der Waals surface area contributed by atoms with Crippen LogP contribution >= 0.6 is 0 Å². The van der Waals surface area contributed by atoms with E-state index in [1.165, 1.54) is 276 Å². The maximum Gasteiger partial charge on any atom is 0.305 e. The first-order valence-electron chi connectivity index (χ1n) is 33.9. The van der Waals surface area contributed by atoms with Crippen molar-refractivity contribution in [3.8, 4) is 0 Å². The van der Waals surface area contributed by atoms with Crippen LogP contribution in [0.4, 0.5) is 0 Å². The number of amides is 1. The van der Waals surface area contributed by atoms with E-state index in [0.717, 1.165) is 57.8 Å². The zero-order valence-electron chi connectivity index (χ0n) is 51.0. The van der Waals surface area contributed by atoms with E-state index in [2.05, 4.69) is 55.6 Å². The van der Waals surface area contributed by atoms with E-state index in [1.54, 1.807) is 6.08 Å². The minimum absolute atomic E-state index is 0.00175. The molecule has 6 heteroatoms. The topological polar surface area (TPSA) is 95.9 Å². The van der Waals surface area contributed by atoms with E-state index >= 15 is 0 Å². The molecule has 0 rings (SSSR count). The summed E-state index contributed by atoms with van der Waals surface area (Å²) >= 11 is 0. The van der Waals surface area contributed by atoms with Gasteiger partial charge in [-0.3, -0.25) is 9.59 Å². The molecule has 0 spiro atoms. The number of hydrogen-bond acceptors (Lipinski definition) is 5. The number of nitrogens with one attached hydrogen (secondary N) is 1. The van der Waals surface area contributed by atoms with Gasteiger partial charge in [-0.25, -0.2) is 0 Å². The van der Waals surface area contributed by atoms with Crippen molar-refractivity contribution >= 4 is 11.9 Å². The molecule has 446 valence electrons. The summed E-state index contributed by atoms with van der Waals surface area (Å²) in [6.45, 7) is 4.89. The Labute approximate surface area is 474 Å². The molecule has 0 bridgehead atoms. The van der Waals surface area contributed by atoms with Gasteiger partial charge in [0.15, 0.2) is 0 Å². The monoisotopic (exact) mass is 1070 g/mol. The highest BCUT2D eigenvalue weighted by molar-refractivity contribution is 5.76. The number of aliphatic hydroxyl groups excluding tert-OH is 2. The third-order valence-electron chi connectivity index (χ3n) is 15.6. The van der Waals surface area contributed by atoms with Crippen molar-refractivity contribution in [1.29, 1.82) is 0 Å². The summed E-state index contributed by atoms with van der Waals surface area (Å²) < 4.78 is 5.49. The summed E-state index contributed by atoms with van der Waals surface area (Å²) in [6.07, 6.45) is 84.5. The summed E-state index contributed by atoms with van der Waals surface area (Å²) in [5.74, 6) is -0.0709. The molecule has 0 aromatic heterocycles. The van der Waals surface area contributed by atoms with E-state index in [0.29, 0.717) is 19.4 Å². The van der Waals surface area contributed by atoms with Crippen molar-refractivity contribution in [1.82, 2.24) is 5.32 Å². The molecule has 3 N–H and O–H groups in total. The van der Waals surface area contributed by atoms with Gasteiger partial charge in [-0.15, -0.1) is 0 Å². The number of unbranched alkanes of at least 4 members (excludes halogenated alkanes) is 46. The fourth-order valence-electron chi connectivity index (χ4n) is 10.4. The Kier molecular flexibility index (Phi) is 63.5. The molecule has 1 amide bonds. The van der Waals surface area contributed by atoms with Crippen LogP contribution in [0.25, 0.3) is 0 Å². The minimum Gasteiger partial charge on any atom is -0.466 e. The average Bonchev–Trinajstić information content (AvgIpc) is 3.42. The second-order valence-corrected chi connectivity index (χ2v) is 23.1. The number of allylic oxidation sites excluding steroid dienone is 7. The Morgan fingerprint density at radius 2 is 0.658 bits per heavy atom. The molecule has 0 fully saturated rings. The molecule has 0 aliphatic rings. The molecule has 76 heavy (non-hydrogen) atoms. The lowest BCUT2D eigenvalue weighted by atomic mass is 10.0. The molecule has 6 nitrogen and oxygen atoms in total. The first-order valence-corrected chi connectivity index (χ1v) is 33.9. The Morgan fingerprint density at radius 1 is 0.368 bits per heavy atom. The van der Waals surface area contributed by atoms with Gasteiger partial charge >= 0.3 is 5.97 Å². The first-order chi connectivity index (χ1) is 37.5. The van der Waals surface area contributed by atoms with Gasteiger partial charge in [0.25, 0.3) is 0 Å². The highest BCUT2D eigenvalue weighted by atomic mass is 16.5. The molecule has 0 aromatic carbocycles. The van der Waals surface area contributed by atoms with E-state index in [-0.39, 0.29) is 18.5 Å². The van der Waals surface area contributed by atoms with E-state index in [4.69, 9.17) is 4.74 Å². The number of ether oxygens (including phenoxy) is 1. The van der Waals surface area contributed by atoms with Crippen LogP contribution in [-0.2, 0) is 14.3 Å². The van der Waals surface area contributed by atoms with Crippen LogP contribution in [0.5, 0.6) is 0 Å². The third kappa shape index (κ3) is 61.0. The summed E-state index contributed by atoms with van der Waals surface area (Å²) in [5, 5.41) is 23.2. The average molecular weight is 1070 g/mol. The van der Waals surface area contributed by atoms with Gasteiger partial charge in [0.1, 0.15) is 0 Å². The van der Waals surface area contributed by atoms with Crippen LogP contribution in [0, 0.1) is 0 Å². The highest BCUT2D eigenvalue weighted by Gasteiger charge is 2.18. The van der Waals surface area contributed by atoms with Crippen molar-refractivity contribution in [3.63, 3.8) is 0 Å². The number of carbonyl (C=O) groups is 2. The van der Waals surface area contributed by atoms with Crippen molar-refractivity contribution in [2.24, 2.45) is 0 Å². The first kappa shape index (κ1) is 73.8. The summed E-state index contributed by atoms with van der Waals surface area (Å²) in [4.78, 5) is 24.6.